The van der Waals surface area contributed by atoms with E-state index >= 15 is 0 Å². The number of carbonyl (C=O) groups is 3. The number of rotatable bonds is 7. The monoisotopic (exact) mass is 301 g/mol. The molecule has 0 aromatic heterocycles. The lowest BCUT2D eigenvalue weighted by Crippen LogP contribution is -2.45. The van der Waals surface area contributed by atoms with Gasteiger partial charge in [-0.25, -0.2) is 9.59 Å². The first-order valence-corrected chi connectivity index (χ1v) is 7.08. The van der Waals surface area contributed by atoms with Crippen LogP contribution in [0, 0.1) is 0 Å². The molecular formula is C13H23N3O5. The van der Waals surface area contributed by atoms with E-state index in [2.05, 4.69) is 10.6 Å². The molecule has 0 spiro atoms. The van der Waals surface area contributed by atoms with Gasteiger partial charge in [0.15, 0.2) is 6.10 Å². The van der Waals surface area contributed by atoms with Crippen molar-refractivity contribution in [1.82, 2.24) is 15.5 Å². The van der Waals surface area contributed by atoms with Gasteiger partial charge < -0.3 is 25.4 Å². The Kier molecular flexibility index (Phi) is 6.93. The molecule has 1 rings (SSSR count). The molecule has 8 nitrogen and oxygen atoms in total. The third kappa shape index (κ3) is 5.99. The lowest BCUT2D eigenvalue weighted by atomic mass is 10.2. The molecular weight excluding hydrogens is 278 g/mol. The van der Waals surface area contributed by atoms with Crippen LogP contribution in [0.2, 0.25) is 0 Å². The Labute approximate surface area is 123 Å². The fraction of sp³-hybridized carbons (Fsp3) is 0.769. The van der Waals surface area contributed by atoms with Gasteiger partial charge in [-0.2, -0.15) is 0 Å². The zero-order chi connectivity index (χ0) is 15.8. The maximum atomic E-state index is 11.8. The van der Waals surface area contributed by atoms with Crippen LogP contribution in [0.3, 0.4) is 0 Å². The molecule has 3 N–H and O–H groups in total. The number of nitrogens with zero attached hydrogens (tertiary/aromatic N) is 1. The molecule has 2 unspecified atom stereocenters. The molecule has 3 amide bonds. The van der Waals surface area contributed by atoms with Gasteiger partial charge in [0.05, 0.1) is 6.10 Å². The number of aliphatic carboxylic acids is 1. The molecule has 120 valence electrons. The maximum absolute atomic E-state index is 11.8. The van der Waals surface area contributed by atoms with Crippen LogP contribution in [0.15, 0.2) is 0 Å². The summed E-state index contributed by atoms with van der Waals surface area (Å²) in [5.41, 5.74) is 0. The summed E-state index contributed by atoms with van der Waals surface area (Å²) in [5, 5.41) is 14.1. The lowest BCUT2D eigenvalue weighted by molar-refractivity contribution is -0.149. The number of nitrogens with one attached hydrogen (secondary N) is 2. The third-order valence-electron chi connectivity index (χ3n) is 3.16. The normalized spacial score (nSPS) is 20.9. The topological polar surface area (TPSA) is 108 Å². The predicted molar refractivity (Wildman–Crippen MR) is 74.9 cm³/mol. The first-order valence-electron chi connectivity index (χ1n) is 7.08. The highest BCUT2D eigenvalue weighted by atomic mass is 16.5. The number of ether oxygens (including phenoxy) is 1. The Morgan fingerprint density at radius 3 is 2.57 bits per heavy atom. The van der Waals surface area contributed by atoms with Crippen molar-refractivity contribution in [3.05, 3.63) is 0 Å². The molecule has 21 heavy (non-hydrogen) atoms. The minimum Gasteiger partial charge on any atom is -0.479 e. The summed E-state index contributed by atoms with van der Waals surface area (Å²) in [6.45, 7) is 2.75. The van der Waals surface area contributed by atoms with Crippen LogP contribution in [0.1, 0.15) is 26.2 Å². The molecule has 1 aliphatic heterocycles. The zero-order valence-corrected chi connectivity index (χ0v) is 12.4. The van der Waals surface area contributed by atoms with Gasteiger partial charge >= 0.3 is 12.0 Å². The van der Waals surface area contributed by atoms with Gasteiger partial charge in [0.25, 0.3) is 0 Å². The van der Waals surface area contributed by atoms with Crippen molar-refractivity contribution >= 4 is 17.9 Å². The molecule has 0 bridgehead atoms. The van der Waals surface area contributed by atoms with Gasteiger partial charge in [0.2, 0.25) is 5.91 Å². The summed E-state index contributed by atoms with van der Waals surface area (Å²) in [5.74, 6) is -1.19. The number of urea groups is 1. The van der Waals surface area contributed by atoms with E-state index in [0.29, 0.717) is 19.4 Å². The first kappa shape index (κ1) is 17.2. The predicted octanol–water partition coefficient (Wildman–Crippen LogP) is -0.214. The fourth-order valence-corrected chi connectivity index (χ4v) is 1.98. The van der Waals surface area contributed by atoms with E-state index in [-0.39, 0.29) is 31.1 Å². The average Bonchev–Trinajstić information content (AvgIpc) is 2.91. The Balaban J connectivity index is 2.24. The Hall–Kier alpha value is -1.83. The van der Waals surface area contributed by atoms with E-state index in [4.69, 9.17) is 9.84 Å². The zero-order valence-electron chi connectivity index (χ0n) is 12.4. The Morgan fingerprint density at radius 2 is 2.00 bits per heavy atom. The molecule has 0 saturated carbocycles. The molecule has 2 atom stereocenters. The van der Waals surface area contributed by atoms with E-state index in [0.717, 1.165) is 6.42 Å². The van der Waals surface area contributed by atoms with E-state index < -0.39 is 12.1 Å². The highest BCUT2D eigenvalue weighted by molar-refractivity contribution is 5.83. The van der Waals surface area contributed by atoms with Gasteiger partial charge in [-0.05, 0) is 19.3 Å². The summed E-state index contributed by atoms with van der Waals surface area (Å²) in [6, 6.07) is -0.385. The van der Waals surface area contributed by atoms with Crippen molar-refractivity contribution in [1.29, 1.82) is 0 Å². The average molecular weight is 301 g/mol. The first-order chi connectivity index (χ1) is 9.93. The number of likely N-dealkylation sites (N-methyl/N-ethyl adjacent to an activating group) is 1. The molecule has 0 aromatic carbocycles. The Morgan fingerprint density at radius 1 is 1.29 bits per heavy atom. The van der Waals surface area contributed by atoms with E-state index in [1.807, 2.05) is 6.92 Å². The maximum Gasteiger partial charge on any atom is 0.332 e. The van der Waals surface area contributed by atoms with Gasteiger partial charge in [-0.1, -0.05) is 6.92 Å². The number of carboxylic acids is 1. The van der Waals surface area contributed by atoms with Crippen molar-refractivity contribution < 1.29 is 24.2 Å². The van der Waals surface area contributed by atoms with Crippen molar-refractivity contribution in [2.75, 3.05) is 26.7 Å². The smallest absolute Gasteiger partial charge is 0.332 e. The van der Waals surface area contributed by atoms with Gasteiger partial charge in [0, 0.05) is 20.1 Å². The summed E-state index contributed by atoms with van der Waals surface area (Å²) < 4.78 is 5.28. The quantitative estimate of drug-likeness (QED) is 0.603. The van der Waals surface area contributed by atoms with Crippen LogP contribution >= 0.6 is 0 Å². The molecule has 1 heterocycles. The van der Waals surface area contributed by atoms with E-state index in [1.165, 1.54) is 11.9 Å². The molecule has 1 aliphatic rings. The lowest BCUT2D eigenvalue weighted by Gasteiger charge is -2.19. The van der Waals surface area contributed by atoms with Gasteiger partial charge in [-0.3, -0.25) is 4.79 Å². The molecule has 0 radical (unpaired) electrons. The second-order valence-corrected chi connectivity index (χ2v) is 5.05. The number of hydrogen-bond acceptors (Lipinski definition) is 4. The minimum atomic E-state index is -0.978. The fourth-order valence-electron chi connectivity index (χ4n) is 1.98. The second-order valence-electron chi connectivity index (χ2n) is 5.05. The van der Waals surface area contributed by atoms with Crippen LogP contribution in [0.4, 0.5) is 4.79 Å². The van der Waals surface area contributed by atoms with Crippen molar-refractivity contribution in [2.24, 2.45) is 0 Å². The molecule has 1 fully saturated rings. The SMILES string of the molecule is CCCNC(=O)CN(C)C(=O)NCC1CCC(C(=O)O)O1. The highest BCUT2D eigenvalue weighted by Gasteiger charge is 2.30. The van der Waals surface area contributed by atoms with Crippen LogP contribution in [0.5, 0.6) is 0 Å². The summed E-state index contributed by atoms with van der Waals surface area (Å²) in [7, 11) is 1.52. The van der Waals surface area contributed by atoms with Gasteiger partial charge in [-0.15, -0.1) is 0 Å². The van der Waals surface area contributed by atoms with E-state index in [1.54, 1.807) is 0 Å². The number of carboxylic acid groups (broad SMARTS) is 1. The second kappa shape index (κ2) is 8.46. The number of amides is 3. The van der Waals surface area contributed by atoms with Crippen LogP contribution in [0.25, 0.3) is 0 Å². The molecule has 8 heteroatoms. The van der Waals surface area contributed by atoms with Crippen molar-refractivity contribution in [3.8, 4) is 0 Å². The summed E-state index contributed by atoms with van der Waals surface area (Å²) >= 11 is 0. The highest BCUT2D eigenvalue weighted by Crippen LogP contribution is 2.19. The van der Waals surface area contributed by atoms with Crippen LogP contribution in [-0.4, -0.2) is 66.8 Å². The number of hydrogen-bond donors (Lipinski definition) is 3. The van der Waals surface area contributed by atoms with Gasteiger partial charge in [0.1, 0.15) is 6.54 Å². The third-order valence-corrected chi connectivity index (χ3v) is 3.16. The van der Waals surface area contributed by atoms with Crippen LogP contribution < -0.4 is 10.6 Å². The van der Waals surface area contributed by atoms with Crippen LogP contribution in [-0.2, 0) is 14.3 Å². The minimum absolute atomic E-state index is 0.0187. The molecule has 0 aliphatic carbocycles. The largest absolute Gasteiger partial charge is 0.479 e. The molecule has 0 aromatic rings. The Bertz CT molecular complexity index is 388. The van der Waals surface area contributed by atoms with Crippen molar-refractivity contribution in [2.45, 2.75) is 38.4 Å². The van der Waals surface area contributed by atoms with Crippen molar-refractivity contribution in [3.63, 3.8) is 0 Å². The number of carbonyl (C=O) groups excluding carboxylic acids is 2. The summed E-state index contributed by atoms with van der Waals surface area (Å²) in [6.07, 6.45) is 0.802. The van der Waals surface area contributed by atoms with E-state index in [9.17, 15) is 14.4 Å². The standard InChI is InChI=1S/C13H23N3O5/c1-3-6-14-11(17)8-16(2)13(20)15-7-9-4-5-10(21-9)12(18)19/h9-10H,3-8H2,1-2H3,(H,14,17)(H,15,20)(H,18,19). The molecule has 1 saturated heterocycles. The summed E-state index contributed by atoms with van der Waals surface area (Å²) in [4.78, 5) is 35.3.